The summed E-state index contributed by atoms with van der Waals surface area (Å²) in [5, 5.41) is 5.69. The number of carbonyl (C=O) groups is 2. The van der Waals surface area contributed by atoms with Gasteiger partial charge in [-0.2, -0.15) is 17.8 Å². The lowest BCUT2D eigenvalue weighted by Gasteiger charge is -2.30. The summed E-state index contributed by atoms with van der Waals surface area (Å²) in [4.78, 5) is 32.3. The van der Waals surface area contributed by atoms with Crippen LogP contribution in [-0.4, -0.2) is 115 Å². The SMILES string of the molecule is CC[C@@H](CN(CC)C(=O)c1cnn(C)c1C1=Cc2cc(OC)ccc2-c2c(C3CCCCC3)c3ccc(C(=O)NS(=O)(=O)N4CCOCC4)cc3n2C1)N(C)C. The van der Waals surface area contributed by atoms with Crippen LogP contribution in [0.3, 0.4) is 0 Å². The molecule has 14 heteroatoms. The Hall–Kier alpha value is -4.50. The van der Waals surface area contributed by atoms with E-state index in [0.29, 0.717) is 31.1 Å². The molecule has 1 saturated heterocycles. The van der Waals surface area contributed by atoms with Crippen LogP contribution in [0.1, 0.15) is 95.8 Å². The number of fused-ring (bicyclic) bond motifs is 5. The Bertz CT molecular complexity index is 2250. The fourth-order valence-electron chi connectivity index (χ4n) is 8.77. The highest BCUT2D eigenvalue weighted by Crippen LogP contribution is 2.48. The van der Waals surface area contributed by atoms with E-state index in [1.165, 1.54) is 16.3 Å². The summed E-state index contributed by atoms with van der Waals surface area (Å²) < 4.78 is 45.2. The van der Waals surface area contributed by atoms with Crippen molar-refractivity contribution >= 4 is 44.6 Å². The van der Waals surface area contributed by atoms with Crippen LogP contribution in [0, 0.1) is 0 Å². The average Bonchev–Trinajstić information content (AvgIpc) is 3.69. The fraction of sp³-hybridized carbons (Fsp3) is 0.500. The molecule has 1 atom stereocenters. The largest absolute Gasteiger partial charge is 0.497 e. The molecule has 300 valence electrons. The second-order valence-electron chi connectivity index (χ2n) is 15.4. The van der Waals surface area contributed by atoms with Crippen LogP contribution >= 0.6 is 0 Å². The molecule has 13 nitrogen and oxygen atoms in total. The maximum absolute atomic E-state index is 14.5. The molecule has 0 unspecified atom stereocenters. The standard InChI is InChI=1S/C42H55N7O6S/c1-7-32(45(3)4)27-47(8-2)42(51)36-25-43-46(5)39(36)31-22-30-23-33(54-6)15-17-34(30)40-38(28-12-10-9-11-13-28)35-16-14-29(24-37(35)49(40)26-31)41(50)44-56(52,53)48-18-20-55-21-19-48/h14-17,22-25,28,32H,7-13,18-21,26-27H2,1-6H3,(H,44,50)/t32-/m0/s1. The Morgan fingerprint density at radius 2 is 1.79 bits per heavy atom. The van der Waals surface area contributed by atoms with E-state index in [-0.39, 0.29) is 43.8 Å². The Kier molecular flexibility index (Phi) is 11.7. The summed E-state index contributed by atoms with van der Waals surface area (Å²) in [5.41, 5.74) is 7.49. The van der Waals surface area contributed by atoms with Crippen LogP contribution in [0.25, 0.3) is 33.8 Å². The second kappa shape index (κ2) is 16.5. The van der Waals surface area contributed by atoms with E-state index >= 15 is 0 Å². The molecule has 1 N–H and O–H groups in total. The van der Waals surface area contributed by atoms with Gasteiger partial charge in [-0.1, -0.05) is 32.3 Å². The number of methoxy groups -OCH3 is 1. The van der Waals surface area contributed by atoms with Crippen molar-refractivity contribution in [1.82, 2.24) is 33.2 Å². The van der Waals surface area contributed by atoms with Crippen molar-refractivity contribution in [3.8, 4) is 17.0 Å². The molecule has 0 radical (unpaired) electrons. The van der Waals surface area contributed by atoms with E-state index in [1.807, 2.05) is 57.2 Å². The number of ether oxygens (including phenoxy) is 2. The van der Waals surface area contributed by atoms with Gasteiger partial charge >= 0.3 is 10.2 Å². The van der Waals surface area contributed by atoms with Gasteiger partial charge in [-0.15, -0.1) is 0 Å². The quantitative estimate of drug-likeness (QED) is 0.192. The summed E-state index contributed by atoms with van der Waals surface area (Å²) in [6, 6.07) is 11.9. The Morgan fingerprint density at radius 1 is 1.04 bits per heavy atom. The molecule has 4 heterocycles. The first-order valence-electron chi connectivity index (χ1n) is 19.9. The molecule has 2 aromatic carbocycles. The van der Waals surface area contributed by atoms with Gasteiger partial charge in [0.25, 0.3) is 11.8 Å². The van der Waals surface area contributed by atoms with Gasteiger partial charge in [0.05, 0.1) is 50.0 Å². The molecule has 1 saturated carbocycles. The minimum Gasteiger partial charge on any atom is -0.497 e. The van der Waals surface area contributed by atoms with Gasteiger partial charge in [-0.3, -0.25) is 14.3 Å². The lowest BCUT2D eigenvalue weighted by atomic mass is 9.81. The average molecular weight is 786 g/mol. The van der Waals surface area contributed by atoms with Gasteiger partial charge in [-0.25, -0.2) is 4.72 Å². The number of amides is 2. The predicted molar refractivity (Wildman–Crippen MR) is 219 cm³/mol. The third kappa shape index (κ3) is 7.63. The lowest BCUT2D eigenvalue weighted by molar-refractivity contribution is 0.0715. The van der Waals surface area contributed by atoms with E-state index in [1.54, 1.807) is 24.1 Å². The van der Waals surface area contributed by atoms with Crippen molar-refractivity contribution in [3.05, 3.63) is 70.5 Å². The maximum Gasteiger partial charge on any atom is 0.304 e. The van der Waals surface area contributed by atoms with Gasteiger partial charge in [0.1, 0.15) is 5.75 Å². The smallest absolute Gasteiger partial charge is 0.304 e. The summed E-state index contributed by atoms with van der Waals surface area (Å²) >= 11 is 0. The highest BCUT2D eigenvalue weighted by atomic mass is 32.2. The molecule has 1 aliphatic carbocycles. The Balaban J connectivity index is 1.39. The zero-order valence-electron chi connectivity index (χ0n) is 33.5. The van der Waals surface area contributed by atoms with Crippen LogP contribution in [0.15, 0.2) is 42.6 Å². The summed E-state index contributed by atoms with van der Waals surface area (Å²) in [6.45, 7) is 6.60. The molecule has 7 rings (SSSR count). The summed E-state index contributed by atoms with van der Waals surface area (Å²) in [5.74, 6) is 0.254. The van der Waals surface area contributed by atoms with Crippen LogP contribution < -0.4 is 9.46 Å². The Morgan fingerprint density at radius 3 is 2.46 bits per heavy atom. The van der Waals surface area contributed by atoms with Crippen LogP contribution in [-0.2, 0) is 28.5 Å². The van der Waals surface area contributed by atoms with Gasteiger partial charge in [0.15, 0.2) is 0 Å². The normalized spacial score (nSPS) is 17.2. The van der Waals surface area contributed by atoms with Crippen molar-refractivity contribution in [2.24, 2.45) is 7.05 Å². The van der Waals surface area contributed by atoms with E-state index in [2.05, 4.69) is 38.4 Å². The first kappa shape index (κ1) is 39.7. The van der Waals surface area contributed by atoms with E-state index < -0.39 is 16.1 Å². The fourth-order valence-corrected chi connectivity index (χ4v) is 9.88. The highest BCUT2D eigenvalue weighted by Gasteiger charge is 2.33. The number of carbonyl (C=O) groups excluding carboxylic acids is 2. The molecule has 2 fully saturated rings. The molecule has 3 aliphatic rings. The highest BCUT2D eigenvalue weighted by molar-refractivity contribution is 7.87. The first-order valence-corrected chi connectivity index (χ1v) is 21.3. The third-order valence-electron chi connectivity index (χ3n) is 11.9. The topological polar surface area (TPSA) is 131 Å². The van der Waals surface area contributed by atoms with Crippen molar-refractivity contribution in [2.75, 3.05) is 60.6 Å². The summed E-state index contributed by atoms with van der Waals surface area (Å²) in [6.07, 6.45) is 10.3. The van der Waals surface area contributed by atoms with Crippen LogP contribution in [0.5, 0.6) is 5.75 Å². The van der Waals surface area contributed by atoms with Crippen molar-refractivity contribution in [2.45, 2.75) is 70.9 Å². The number of hydrogen-bond acceptors (Lipinski definition) is 8. The van der Waals surface area contributed by atoms with E-state index in [9.17, 15) is 18.0 Å². The number of likely N-dealkylation sites (N-methyl/N-ethyl adjacent to an activating group) is 2. The van der Waals surface area contributed by atoms with E-state index in [0.717, 1.165) is 76.8 Å². The van der Waals surface area contributed by atoms with Crippen molar-refractivity contribution in [3.63, 3.8) is 0 Å². The number of morpholine rings is 1. The molecule has 2 aliphatic heterocycles. The van der Waals surface area contributed by atoms with Crippen molar-refractivity contribution in [1.29, 1.82) is 0 Å². The molecular weight excluding hydrogens is 731 g/mol. The van der Waals surface area contributed by atoms with Gasteiger partial charge in [0.2, 0.25) is 0 Å². The lowest BCUT2D eigenvalue weighted by Crippen LogP contribution is -2.48. The van der Waals surface area contributed by atoms with E-state index in [4.69, 9.17) is 9.47 Å². The van der Waals surface area contributed by atoms with Gasteiger partial charge in [0, 0.05) is 61.3 Å². The van der Waals surface area contributed by atoms with Gasteiger partial charge < -0.3 is 23.8 Å². The molecule has 56 heavy (non-hydrogen) atoms. The number of aryl methyl sites for hydroxylation is 1. The second-order valence-corrected chi connectivity index (χ2v) is 17.1. The first-order chi connectivity index (χ1) is 26.9. The minimum absolute atomic E-state index is 0.0761. The minimum atomic E-state index is -4.07. The molecule has 0 bridgehead atoms. The van der Waals surface area contributed by atoms with Crippen LogP contribution in [0.2, 0.25) is 0 Å². The molecule has 2 amide bonds. The number of benzene rings is 2. The number of nitrogens with one attached hydrogen (secondary N) is 1. The summed E-state index contributed by atoms with van der Waals surface area (Å²) in [7, 11) is 3.55. The number of hydrogen-bond donors (Lipinski definition) is 1. The number of allylic oxidation sites excluding steroid dienone is 1. The van der Waals surface area contributed by atoms with Crippen molar-refractivity contribution < 1.29 is 27.5 Å². The molecule has 4 aromatic rings. The predicted octanol–water partition coefficient (Wildman–Crippen LogP) is 5.76. The maximum atomic E-state index is 14.5. The third-order valence-corrected chi connectivity index (χ3v) is 13.3. The zero-order chi connectivity index (χ0) is 39.7. The molecule has 2 aromatic heterocycles. The number of rotatable bonds is 12. The monoisotopic (exact) mass is 785 g/mol. The number of nitrogens with zero attached hydrogens (tertiary/aromatic N) is 6. The zero-order valence-corrected chi connectivity index (χ0v) is 34.3. The number of aromatic nitrogens is 3. The van der Waals surface area contributed by atoms with Gasteiger partial charge in [-0.05, 0) is 99.3 Å². The molecule has 0 spiro atoms. The van der Waals surface area contributed by atoms with Crippen LogP contribution in [0.4, 0.5) is 0 Å². The molecular formula is C42H55N7O6S. The Labute approximate surface area is 330 Å².